The van der Waals surface area contributed by atoms with Gasteiger partial charge in [0.15, 0.2) is 6.61 Å². The zero-order valence-electron chi connectivity index (χ0n) is 10.3. The lowest BCUT2D eigenvalue weighted by molar-refractivity contribution is -0.139. The molecule has 0 aliphatic carbocycles. The Morgan fingerprint density at radius 3 is 2.84 bits per heavy atom. The second kappa shape index (κ2) is 7.70. The molecule has 0 aliphatic rings. The minimum absolute atomic E-state index is 0.250. The zero-order chi connectivity index (χ0) is 14.1. The van der Waals surface area contributed by atoms with Crippen molar-refractivity contribution in [3.63, 3.8) is 0 Å². The van der Waals surface area contributed by atoms with Gasteiger partial charge in [-0.3, -0.25) is 0 Å². The maximum atomic E-state index is 11.0. The summed E-state index contributed by atoms with van der Waals surface area (Å²) in [6.07, 6.45) is 0.677. The number of hydrazone groups is 1. The van der Waals surface area contributed by atoms with Gasteiger partial charge in [0.2, 0.25) is 0 Å². The molecule has 1 aromatic rings. The molecule has 0 aliphatic heterocycles. The Labute approximate surface area is 109 Å². The van der Waals surface area contributed by atoms with Crippen LogP contribution in [0.15, 0.2) is 29.4 Å². The maximum Gasteiger partial charge on any atom is 0.427 e. The Morgan fingerprint density at radius 1 is 1.42 bits per heavy atom. The number of hydrogen-bond donors (Lipinski definition) is 2. The van der Waals surface area contributed by atoms with Crippen molar-refractivity contribution in [3.8, 4) is 5.75 Å². The standard InChI is InChI=1S/C12H14N2O5/c1-2-18-12(17)14-13-7-9-5-3-4-6-10(9)19-8-11(15)16/h3-7H,2,8H2,1H3,(H,14,17)(H,15,16). The molecule has 0 spiro atoms. The van der Waals surface area contributed by atoms with Crippen LogP contribution in [-0.4, -0.2) is 36.6 Å². The largest absolute Gasteiger partial charge is 0.481 e. The van der Waals surface area contributed by atoms with Crippen molar-refractivity contribution in [1.29, 1.82) is 0 Å². The van der Waals surface area contributed by atoms with Crippen molar-refractivity contribution < 1.29 is 24.2 Å². The number of hydrogen-bond acceptors (Lipinski definition) is 5. The van der Waals surface area contributed by atoms with Crippen LogP contribution in [-0.2, 0) is 9.53 Å². The first-order valence-corrected chi connectivity index (χ1v) is 5.53. The van der Waals surface area contributed by atoms with E-state index in [4.69, 9.17) is 9.84 Å². The summed E-state index contributed by atoms with van der Waals surface area (Å²) in [4.78, 5) is 21.4. The molecule has 102 valence electrons. The monoisotopic (exact) mass is 266 g/mol. The highest BCUT2D eigenvalue weighted by atomic mass is 16.5. The number of nitrogens with one attached hydrogen (secondary N) is 1. The minimum atomic E-state index is -1.07. The van der Waals surface area contributed by atoms with Crippen molar-refractivity contribution in [1.82, 2.24) is 5.43 Å². The quantitative estimate of drug-likeness (QED) is 0.596. The van der Waals surface area contributed by atoms with Gasteiger partial charge < -0.3 is 14.6 Å². The Kier molecular flexibility index (Phi) is 5.87. The first-order valence-electron chi connectivity index (χ1n) is 5.53. The third kappa shape index (κ3) is 5.53. The molecular formula is C12H14N2O5. The third-order valence-electron chi connectivity index (χ3n) is 1.91. The molecule has 1 aromatic carbocycles. The summed E-state index contributed by atoms with van der Waals surface area (Å²) in [5, 5.41) is 12.2. The average Bonchev–Trinajstić information content (AvgIpc) is 2.38. The number of carbonyl (C=O) groups is 2. The van der Waals surface area contributed by atoms with Gasteiger partial charge in [0.05, 0.1) is 12.8 Å². The SMILES string of the molecule is CCOC(=O)NN=Cc1ccccc1OCC(=O)O. The van der Waals surface area contributed by atoms with Crippen molar-refractivity contribution in [2.75, 3.05) is 13.2 Å². The molecule has 0 unspecified atom stereocenters. The highest BCUT2D eigenvalue weighted by Crippen LogP contribution is 2.15. The van der Waals surface area contributed by atoms with Crippen molar-refractivity contribution in [2.45, 2.75) is 6.92 Å². The van der Waals surface area contributed by atoms with Gasteiger partial charge in [0.25, 0.3) is 0 Å². The Morgan fingerprint density at radius 2 is 2.16 bits per heavy atom. The van der Waals surface area contributed by atoms with Gasteiger partial charge in [-0.15, -0.1) is 0 Å². The molecule has 0 atom stereocenters. The first kappa shape index (κ1) is 14.5. The van der Waals surface area contributed by atoms with Gasteiger partial charge >= 0.3 is 12.1 Å². The summed E-state index contributed by atoms with van der Waals surface area (Å²) in [5.41, 5.74) is 2.70. The number of carbonyl (C=O) groups excluding carboxylic acids is 1. The van der Waals surface area contributed by atoms with Crippen LogP contribution in [0, 0.1) is 0 Å². The molecule has 19 heavy (non-hydrogen) atoms. The van der Waals surface area contributed by atoms with E-state index in [1.54, 1.807) is 31.2 Å². The molecule has 0 saturated heterocycles. The van der Waals surface area contributed by atoms with Gasteiger partial charge in [-0.05, 0) is 19.1 Å². The average molecular weight is 266 g/mol. The smallest absolute Gasteiger partial charge is 0.427 e. The second-order valence-electron chi connectivity index (χ2n) is 3.31. The van der Waals surface area contributed by atoms with Crippen LogP contribution < -0.4 is 10.2 Å². The molecule has 7 nitrogen and oxygen atoms in total. The predicted octanol–water partition coefficient (Wildman–Crippen LogP) is 1.23. The molecule has 1 rings (SSSR count). The van der Waals surface area contributed by atoms with Crippen molar-refractivity contribution >= 4 is 18.3 Å². The lowest BCUT2D eigenvalue weighted by atomic mass is 10.2. The lowest BCUT2D eigenvalue weighted by Gasteiger charge is -2.06. The zero-order valence-corrected chi connectivity index (χ0v) is 10.3. The van der Waals surface area contributed by atoms with E-state index in [1.807, 2.05) is 0 Å². The minimum Gasteiger partial charge on any atom is -0.481 e. The van der Waals surface area contributed by atoms with Crippen molar-refractivity contribution in [3.05, 3.63) is 29.8 Å². The van der Waals surface area contributed by atoms with Crippen LogP contribution in [0.4, 0.5) is 4.79 Å². The molecule has 0 fully saturated rings. The van der Waals surface area contributed by atoms with Crippen LogP contribution in [0.25, 0.3) is 0 Å². The normalized spacial score (nSPS) is 10.2. The van der Waals surface area contributed by atoms with E-state index in [2.05, 4.69) is 15.3 Å². The fourth-order valence-corrected chi connectivity index (χ4v) is 1.18. The number of ether oxygens (including phenoxy) is 2. The Bertz CT molecular complexity index is 473. The van der Waals surface area contributed by atoms with Gasteiger partial charge in [-0.25, -0.2) is 15.0 Å². The van der Waals surface area contributed by atoms with Crippen LogP contribution in [0.2, 0.25) is 0 Å². The Hall–Kier alpha value is -2.57. The summed E-state index contributed by atoms with van der Waals surface area (Å²) in [5.74, 6) is -0.712. The fourth-order valence-electron chi connectivity index (χ4n) is 1.18. The predicted molar refractivity (Wildman–Crippen MR) is 67.3 cm³/mol. The topological polar surface area (TPSA) is 97.2 Å². The van der Waals surface area contributed by atoms with E-state index in [-0.39, 0.29) is 6.61 Å². The Balaban J connectivity index is 2.64. The van der Waals surface area contributed by atoms with Gasteiger partial charge in [0, 0.05) is 5.56 Å². The summed E-state index contributed by atoms with van der Waals surface area (Å²) in [7, 11) is 0. The van der Waals surface area contributed by atoms with Crippen LogP contribution in [0.1, 0.15) is 12.5 Å². The van der Waals surface area contributed by atoms with Crippen molar-refractivity contribution in [2.24, 2.45) is 5.10 Å². The molecular weight excluding hydrogens is 252 g/mol. The summed E-state index contributed by atoms with van der Waals surface area (Å²) >= 11 is 0. The van der Waals surface area contributed by atoms with Crippen LogP contribution >= 0.6 is 0 Å². The fraction of sp³-hybridized carbons (Fsp3) is 0.250. The summed E-state index contributed by atoms with van der Waals surface area (Å²) in [6, 6.07) is 6.72. The van der Waals surface area contributed by atoms with E-state index in [9.17, 15) is 9.59 Å². The molecule has 7 heteroatoms. The van der Waals surface area contributed by atoms with E-state index >= 15 is 0 Å². The molecule has 0 saturated carbocycles. The number of amides is 1. The molecule has 0 heterocycles. The highest BCUT2D eigenvalue weighted by molar-refractivity contribution is 5.84. The number of benzene rings is 1. The molecule has 0 bridgehead atoms. The number of para-hydroxylation sites is 1. The van der Waals surface area contributed by atoms with E-state index < -0.39 is 18.7 Å². The first-order chi connectivity index (χ1) is 9.13. The highest BCUT2D eigenvalue weighted by Gasteiger charge is 2.03. The molecule has 2 N–H and O–H groups in total. The molecule has 1 amide bonds. The number of aliphatic carboxylic acids is 1. The number of carboxylic acid groups (broad SMARTS) is 1. The van der Waals surface area contributed by atoms with Gasteiger partial charge in [-0.2, -0.15) is 5.10 Å². The van der Waals surface area contributed by atoms with Crippen LogP contribution in [0.3, 0.4) is 0 Å². The van der Waals surface area contributed by atoms with Crippen LogP contribution in [0.5, 0.6) is 5.75 Å². The van der Waals surface area contributed by atoms with E-state index in [0.29, 0.717) is 11.3 Å². The van der Waals surface area contributed by atoms with Gasteiger partial charge in [0.1, 0.15) is 5.75 Å². The molecule has 0 radical (unpaired) electrons. The third-order valence-corrected chi connectivity index (χ3v) is 1.91. The van der Waals surface area contributed by atoms with Gasteiger partial charge in [-0.1, -0.05) is 12.1 Å². The molecule has 0 aromatic heterocycles. The number of carboxylic acids is 1. The second-order valence-corrected chi connectivity index (χ2v) is 3.31. The summed E-state index contributed by atoms with van der Waals surface area (Å²) in [6.45, 7) is 1.48. The number of nitrogens with zero attached hydrogens (tertiary/aromatic N) is 1. The van der Waals surface area contributed by atoms with E-state index in [0.717, 1.165) is 0 Å². The summed E-state index contributed by atoms with van der Waals surface area (Å²) < 4.78 is 9.69. The number of rotatable bonds is 6. The lowest BCUT2D eigenvalue weighted by Crippen LogP contribution is -2.18. The maximum absolute atomic E-state index is 11.0. The van der Waals surface area contributed by atoms with E-state index in [1.165, 1.54) is 6.21 Å².